The first kappa shape index (κ1) is 17.5. The monoisotopic (exact) mass is 363 g/mol. The Morgan fingerprint density at radius 3 is 2.73 bits per heavy atom. The van der Waals surface area contributed by atoms with Crippen molar-refractivity contribution in [3.05, 3.63) is 82.6 Å². The lowest BCUT2D eigenvalue weighted by molar-refractivity contribution is 0.102. The van der Waals surface area contributed by atoms with Gasteiger partial charge in [0.2, 0.25) is 0 Å². The Bertz CT molecular complexity index is 995. The van der Waals surface area contributed by atoms with E-state index in [1.165, 1.54) is 6.07 Å². The summed E-state index contributed by atoms with van der Waals surface area (Å²) in [4.78, 5) is 16.6. The Hall–Kier alpha value is -3.36. The Balaban J connectivity index is 1.79. The number of halogens is 1. The van der Waals surface area contributed by atoms with Crippen molar-refractivity contribution in [2.24, 2.45) is 0 Å². The van der Waals surface area contributed by atoms with E-state index in [0.717, 1.165) is 5.69 Å². The van der Waals surface area contributed by atoms with E-state index in [1.807, 2.05) is 19.1 Å². The number of aromatic nitrogens is 1. The van der Waals surface area contributed by atoms with E-state index in [9.17, 15) is 4.79 Å². The number of nitriles is 1. The molecular weight excluding hydrogens is 350 g/mol. The van der Waals surface area contributed by atoms with Gasteiger partial charge in [0, 0.05) is 28.0 Å². The zero-order valence-corrected chi connectivity index (χ0v) is 14.6. The molecule has 0 aliphatic carbocycles. The van der Waals surface area contributed by atoms with Crippen LogP contribution in [0.25, 0.3) is 0 Å². The van der Waals surface area contributed by atoms with Crippen molar-refractivity contribution in [1.29, 1.82) is 5.26 Å². The van der Waals surface area contributed by atoms with Crippen molar-refractivity contribution in [3.8, 4) is 17.6 Å². The summed E-state index contributed by atoms with van der Waals surface area (Å²) >= 11 is 6.13. The molecule has 6 heteroatoms. The molecule has 3 rings (SSSR count). The zero-order valence-electron chi connectivity index (χ0n) is 13.9. The highest BCUT2D eigenvalue weighted by molar-refractivity contribution is 6.31. The van der Waals surface area contributed by atoms with Gasteiger partial charge in [0.05, 0.1) is 17.8 Å². The highest BCUT2D eigenvalue weighted by Crippen LogP contribution is 2.28. The minimum absolute atomic E-state index is 0.340. The molecule has 1 N–H and O–H groups in total. The molecule has 0 radical (unpaired) electrons. The second kappa shape index (κ2) is 7.68. The van der Waals surface area contributed by atoms with Crippen LogP contribution in [0.5, 0.6) is 11.5 Å². The lowest BCUT2D eigenvalue weighted by Crippen LogP contribution is -2.12. The smallest absolute Gasteiger partial charge is 0.255 e. The summed E-state index contributed by atoms with van der Waals surface area (Å²) in [6.45, 7) is 1.89. The first-order valence-corrected chi connectivity index (χ1v) is 8.14. The maximum Gasteiger partial charge on any atom is 0.255 e. The Labute approximate surface area is 155 Å². The molecule has 26 heavy (non-hydrogen) atoms. The largest absolute Gasteiger partial charge is 0.456 e. The molecule has 0 bridgehead atoms. The molecule has 0 unspecified atom stereocenters. The molecule has 0 atom stereocenters. The number of carbonyl (C=O) groups is 1. The molecule has 1 heterocycles. The topological polar surface area (TPSA) is 75.0 Å². The van der Waals surface area contributed by atoms with E-state index < -0.39 is 0 Å². The van der Waals surface area contributed by atoms with Gasteiger partial charge < -0.3 is 10.1 Å². The number of hydrogen-bond acceptors (Lipinski definition) is 4. The van der Waals surface area contributed by atoms with Crippen molar-refractivity contribution in [3.63, 3.8) is 0 Å². The standard InChI is InChI=1S/C20H14ClN3O2/c1-13-5-6-18(12-23-13)26-19-9-16(21)8-17(10-19)24-20(25)15-4-2-3-14(7-15)11-22/h2-10,12H,1H3,(H,24,25). The van der Waals surface area contributed by atoms with Gasteiger partial charge >= 0.3 is 0 Å². The number of nitrogens with zero attached hydrogens (tertiary/aromatic N) is 2. The number of nitrogens with one attached hydrogen (secondary N) is 1. The van der Waals surface area contributed by atoms with Gasteiger partial charge in [-0.25, -0.2) is 0 Å². The fourth-order valence-electron chi connectivity index (χ4n) is 2.28. The van der Waals surface area contributed by atoms with E-state index >= 15 is 0 Å². The van der Waals surface area contributed by atoms with Gasteiger partial charge in [-0.1, -0.05) is 17.7 Å². The van der Waals surface area contributed by atoms with Crippen molar-refractivity contribution in [2.75, 3.05) is 5.32 Å². The molecule has 0 spiro atoms. The van der Waals surface area contributed by atoms with Gasteiger partial charge in [-0.3, -0.25) is 9.78 Å². The average Bonchev–Trinajstić information content (AvgIpc) is 2.63. The highest BCUT2D eigenvalue weighted by atomic mass is 35.5. The molecule has 128 valence electrons. The minimum Gasteiger partial charge on any atom is -0.456 e. The SMILES string of the molecule is Cc1ccc(Oc2cc(Cl)cc(NC(=O)c3cccc(C#N)c3)c2)cn1. The lowest BCUT2D eigenvalue weighted by Gasteiger charge is -2.10. The second-order valence-corrected chi connectivity index (χ2v) is 6.00. The summed E-state index contributed by atoms with van der Waals surface area (Å²) in [7, 11) is 0. The summed E-state index contributed by atoms with van der Waals surface area (Å²) in [6.07, 6.45) is 1.61. The summed E-state index contributed by atoms with van der Waals surface area (Å²) in [6, 6.07) is 17.0. The molecular formula is C20H14ClN3O2. The summed E-state index contributed by atoms with van der Waals surface area (Å²) in [5.74, 6) is 0.702. The summed E-state index contributed by atoms with van der Waals surface area (Å²) < 4.78 is 5.74. The predicted octanol–water partition coefficient (Wildman–Crippen LogP) is 4.96. The number of pyridine rings is 1. The molecule has 0 saturated carbocycles. The number of amides is 1. The van der Waals surface area contributed by atoms with Gasteiger partial charge in [0.25, 0.3) is 5.91 Å². The number of rotatable bonds is 4. The lowest BCUT2D eigenvalue weighted by atomic mass is 10.1. The Morgan fingerprint density at radius 1 is 1.15 bits per heavy atom. The average molecular weight is 364 g/mol. The third-order valence-corrected chi connectivity index (χ3v) is 3.72. The van der Waals surface area contributed by atoms with Crippen LogP contribution in [0, 0.1) is 18.3 Å². The van der Waals surface area contributed by atoms with Crippen molar-refractivity contribution in [2.45, 2.75) is 6.92 Å². The number of ether oxygens (including phenoxy) is 1. The Kier molecular flexibility index (Phi) is 5.16. The van der Waals surface area contributed by atoms with Gasteiger partial charge in [-0.05, 0) is 49.4 Å². The van der Waals surface area contributed by atoms with Crippen molar-refractivity contribution < 1.29 is 9.53 Å². The van der Waals surface area contributed by atoms with E-state index in [1.54, 1.807) is 48.7 Å². The fourth-order valence-corrected chi connectivity index (χ4v) is 2.50. The first-order valence-electron chi connectivity index (χ1n) is 7.76. The molecule has 0 saturated heterocycles. The predicted molar refractivity (Wildman–Crippen MR) is 99.6 cm³/mol. The fraction of sp³-hybridized carbons (Fsp3) is 0.0500. The first-order chi connectivity index (χ1) is 12.5. The highest BCUT2D eigenvalue weighted by Gasteiger charge is 2.09. The van der Waals surface area contributed by atoms with E-state index in [-0.39, 0.29) is 5.91 Å². The van der Waals surface area contributed by atoms with Crippen LogP contribution in [0.1, 0.15) is 21.6 Å². The number of aryl methyl sites for hydroxylation is 1. The van der Waals surface area contributed by atoms with Gasteiger partial charge in [0.1, 0.15) is 11.5 Å². The van der Waals surface area contributed by atoms with Crippen LogP contribution in [0.2, 0.25) is 5.02 Å². The molecule has 2 aromatic carbocycles. The maximum absolute atomic E-state index is 12.4. The normalized spacial score (nSPS) is 10.0. The molecule has 1 amide bonds. The third-order valence-electron chi connectivity index (χ3n) is 3.50. The summed E-state index contributed by atoms with van der Waals surface area (Å²) in [5, 5.41) is 12.1. The van der Waals surface area contributed by atoms with Crippen LogP contribution in [0.3, 0.4) is 0 Å². The van der Waals surface area contributed by atoms with Crippen molar-refractivity contribution >= 4 is 23.2 Å². The van der Waals surface area contributed by atoms with E-state index in [0.29, 0.717) is 33.3 Å². The van der Waals surface area contributed by atoms with E-state index in [4.69, 9.17) is 21.6 Å². The molecule has 1 aromatic heterocycles. The Morgan fingerprint density at radius 2 is 2.00 bits per heavy atom. The maximum atomic E-state index is 12.4. The van der Waals surface area contributed by atoms with Crippen LogP contribution in [0.15, 0.2) is 60.8 Å². The molecule has 0 fully saturated rings. The van der Waals surface area contributed by atoms with Gasteiger partial charge in [0.15, 0.2) is 0 Å². The number of carbonyl (C=O) groups excluding carboxylic acids is 1. The third kappa shape index (κ3) is 4.38. The van der Waals surface area contributed by atoms with Gasteiger partial charge in [-0.15, -0.1) is 0 Å². The number of anilines is 1. The molecule has 0 aliphatic rings. The van der Waals surface area contributed by atoms with Crippen LogP contribution in [-0.2, 0) is 0 Å². The van der Waals surface area contributed by atoms with E-state index in [2.05, 4.69) is 10.3 Å². The van der Waals surface area contributed by atoms with Crippen LogP contribution >= 0.6 is 11.6 Å². The molecule has 5 nitrogen and oxygen atoms in total. The van der Waals surface area contributed by atoms with Crippen LogP contribution in [-0.4, -0.2) is 10.9 Å². The number of benzene rings is 2. The summed E-state index contributed by atoms with van der Waals surface area (Å²) in [5.41, 5.74) is 2.17. The minimum atomic E-state index is -0.340. The van der Waals surface area contributed by atoms with Crippen molar-refractivity contribution in [1.82, 2.24) is 4.98 Å². The second-order valence-electron chi connectivity index (χ2n) is 5.56. The van der Waals surface area contributed by atoms with Crippen LogP contribution in [0.4, 0.5) is 5.69 Å². The van der Waals surface area contributed by atoms with Gasteiger partial charge in [-0.2, -0.15) is 5.26 Å². The number of hydrogen-bond donors (Lipinski definition) is 1. The quantitative estimate of drug-likeness (QED) is 0.710. The zero-order chi connectivity index (χ0) is 18.5. The van der Waals surface area contributed by atoms with Crippen LogP contribution < -0.4 is 10.1 Å². The molecule has 3 aromatic rings. The molecule has 0 aliphatic heterocycles.